The molecule has 1 heterocycles. The van der Waals surface area contributed by atoms with Gasteiger partial charge < -0.3 is 14.9 Å². The fourth-order valence-electron chi connectivity index (χ4n) is 3.68. The van der Waals surface area contributed by atoms with Crippen LogP contribution < -0.4 is 4.72 Å². The fourth-order valence-corrected chi connectivity index (χ4v) is 4.97. The molecule has 0 bridgehead atoms. The predicted molar refractivity (Wildman–Crippen MR) is 129 cm³/mol. The first-order chi connectivity index (χ1) is 16.2. The highest BCUT2D eigenvalue weighted by Gasteiger charge is 2.27. The van der Waals surface area contributed by atoms with E-state index in [4.69, 9.17) is 11.6 Å². The van der Waals surface area contributed by atoms with Gasteiger partial charge in [-0.15, -0.1) is 0 Å². The maximum Gasteiger partial charge on any atom is 0.261 e. The minimum atomic E-state index is -3.93. The van der Waals surface area contributed by atoms with Crippen LogP contribution in [-0.4, -0.2) is 61.3 Å². The lowest BCUT2D eigenvalue weighted by atomic mass is 10.1. The van der Waals surface area contributed by atoms with Crippen LogP contribution in [0.1, 0.15) is 20.7 Å². The van der Waals surface area contributed by atoms with E-state index in [1.807, 2.05) is 0 Å². The summed E-state index contributed by atoms with van der Waals surface area (Å²) in [5.41, 5.74) is 0.760. The number of amides is 2. The van der Waals surface area contributed by atoms with Crippen molar-refractivity contribution in [2.45, 2.75) is 4.90 Å². The Hall–Kier alpha value is -3.56. The molecule has 0 saturated carbocycles. The van der Waals surface area contributed by atoms with E-state index in [0.29, 0.717) is 23.8 Å². The number of phenolic OH excluding ortho intramolecular Hbond substituents is 1. The second-order valence-corrected chi connectivity index (χ2v) is 9.86. The molecule has 2 N–H and O–H groups in total. The Morgan fingerprint density at radius 2 is 1.47 bits per heavy atom. The molecule has 8 nitrogen and oxygen atoms in total. The van der Waals surface area contributed by atoms with E-state index in [1.54, 1.807) is 52.3 Å². The van der Waals surface area contributed by atoms with Crippen molar-refractivity contribution >= 4 is 39.1 Å². The van der Waals surface area contributed by atoms with Gasteiger partial charge in [0.2, 0.25) is 0 Å². The predicted octanol–water partition coefficient (Wildman–Crippen LogP) is 3.44. The molecule has 0 unspecified atom stereocenters. The van der Waals surface area contributed by atoms with Crippen LogP contribution in [0, 0.1) is 0 Å². The smallest absolute Gasteiger partial charge is 0.261 e. The average Bonchev–Trinajstić information content (AvgIpc) is 2.83. The number of benzene rings is 3. The van der Waals surface area contributed by atoms with Crippen molar-refractivity contribution in [2.75, 3.05) is 30.9 Å². The number of carbonyl (C=O) groups is 2. The SMILES string of the molecule is O=C(c1cccc(S(=O)(=O)Nc2cccc(Cl)c2)c1)N1CCN(C(=O)c2ccccc2O)CC1. The van der Waals surface area contributed by atoms with Crippen LogP contribution >= 0.6 is 11.6 Å². The van der Waals surface area contributed by atoms with Gasteiger partial charge in [0.15, 0.2) is 0 Å². The maximum absolute atomic E-state index is 13.0. The van der Waals surface area contributed by atoms with Gasteiger partial charge in [0, 0.05) is 36.8 Å². The van der Waals surface area contributed by atoms with Crippen molar-refractivity contribution in [1.82, 2.24) is 9.80 Å². The average molecular weight is 500 g/mol. The van der Waals surface area contributed by atoms with Crippen molar-refractivity contribution in [3.63, 3.8) is 0 Å². The number of phenols is 1. The number of anilines is 1. The molecule has 0 aliphatic carbocycles. The quantitative estimate of drug-likeness (QED) is 0.559. The summed E-state index contributed by atoms with van der Waals surface area (Å²) in [7, 11) is -3.93. The molecule has 0 atom stereocenters. The third-order valence-corrected chi connectivity index (χ3v) is 7.07. The van der Waals surface area contributed by atoms with Gasteiger partial charge in [-0.25, -0.2) is 8.42 Å². The van der Waals surface area contributed by atoms with Crippen molar-refractivity contribution in [1.29, 1.82) is 0 Å². The summed E-state index contributed by atoms with van der Waals surface area (Å²) >= 11 is 5.92. The van der Waals surface area contributed by atoms with E-state index >= 15 is 0 Å². The molecule has 1 fully saturated rings. The summed E-state index contributed by atoms with van der Waals surface area (Å²) in [6.07, 6.45) is 0. The molecule has 1 aliphatic heterocycles. The van der Waals surface area contributed by atoms with E-state index < -0.39 is 10.0 Å². The zero-order valence-corrected chi connectivity index (χ0v) is 19.6. The summed E-state index contributed by atoms with van der Waals surface area (Å²) in [6.45, 7) is 1.17. The summed E-state index contributed by atoms with van der Waals surface area (Å²) < 4.78 is 28.1. The van der Waals surface area contributed by atoms with Gasteiger partial charge in [-0.2, -0.15) is 0 Å². The lowest BCUT2D eigenvalue weighted by molar-refractivity contribution is 0.0533. The fraction of sp³-hybridized carbons (Fsp3) is 0.167. The van der Waals surface area contributed by atoms with E-state index in [-0.39, 0.29) is 46.7 Å². The molecule has 1 aliphatic rings. The molecule has 176 valence electrons. The van der Waals surface area contributed by atoms with E-state index in [1.165, 1.54) is 30.3 Å². The lowest BCUT2D eigenvalue weighted by Crippen LogP contribution is -2.50. The lowest BCUT2D eigenvalue weighted by Gasteiger charge is -2.35. The van der Waals surface area contributed by atoms with Crippen LogP contribution in [0.4, 0.5) is 5.69 Å². The summed E-state index contributed by atoms with van der Waals surface area (Å²) in [5.74, 6) is -0.713. The number of carbonyl (C=O) groups excluding carboxylic acids is 2. The van der Waals surface area contributed by atoms with Crippen LogP contribution in [0.2, 0.25) is 5.02 Å². The number of piperazine rings is 1. The monoisotopic (exact) mass is 499 g/mol. The van der Waals surface area contributed by atoms with Gasteiger partial charge >= 0.3 is 0 Å². The van der Waals surface area contributed by atoms with E-state index in [2.05, 4.69) is 4.72 Å². The number of halogens is 1. The maximum atomic E-state index is 13.0. The summed E-state index contributed by atoms with van der Waals surface area (Å²) in [6, 6.07) is 18.5. The molecule has 3 aromatic carbocycles. The topological polar surface area (TPSA) is 107 Å². The number of nitrogens with one attached hydrogen (secondary N) is 1. The highest BCUT2D eigenvalue weighted by molar-refractivity contribution is 7.92. The standard InChI is InChI=1S/C24H22ClN3O5S/c25-18-6-4-7-19(16-18)26-34(32,33)20-8-3-5-17(15-20)23(30)27-11-13-28(14-12-27)24(31)21-9-1-2-10-22(21)29/h1-10,15-16,26,29H,11-14H2. The first kappa shape index (κ1) is 23.6. The Bertz CT molecular complexity index is 1340. The Morgan fingerprint density at radius 3 is 2.15 bits per heavy atom. The third-order valence-electron chi connectivity index (χ3n) is 5.46. The molecular weight excluding hydrogens is 478 g/mol. The van der Waals surface area contributed by atoms with Crippen LogP contribution in [0.3, 0.4) is 0 Å². The molecule has 0 aromatic heterocycles. The van der Waals surface area contributed by atoms with Crippen molar-refractivity contribution in [3.8, 4) is 5.75 Å². The Balaban J connectivity index is 1.44. The number of hydrogen-bond acceptors (Lipinski definition) is 5. The minimum absolute atomic E-state index is 0.0494. The second-order valence-electron chi connectivity index (χ2n) is 7.75. The Kier molecular flexibility index (Phi) is 6.76. The molecule has 2 amide bonds. The van der Waals surface area contributed by atoms with Gasteiger partial charge in [0.25, 0.3) is 21.8 Å². The van der Waals surface area contributed by atoms with Crippen LogP contribution in [0.15, 0.2) is 77.7 Å². The van der Waals surface area contributed by atoms with Crippen molar-refractivity contribution in [2.24, 2.45) is 0 Å². The number of aromatic hydroxyl groups is 1. The zero-order valence-electron chi connectivity index (χ0n) is 18.0. The largest absolute Gasteiger partial charge is 0.507 e. The first-order valence-electron chi connectivity index (χ1n) is 10.5. The van der Waals surface area contributed by atoms with Gasteiger partial charge in [-0.1, -0.05) is 35.9 Å². The summed E-state index contributed by atoms with van der Waals surface area (Å²) in [4.78, 5) is 28.8. The molecular formula is C24H22ClN3O5S. The molecule has 0 radical (unpaired) electrons. The molecule has 34 heavy (non-hydrogen) atoms. The highest BCUT2D eigenvalue weighted by Crippen LogP contribution is 2.22. The van der Waals surface area contributed by atoms with Crippen molar-refractivity contribution < 1.29 is 23.1 Å². The minimum Gasteiger partial charge on any atom is -0.507 e. The molecule has 1 saturated heterocycles. The van der Waals surface area contributed by atoms with Gasteiger partial charge in [0.05, 0.1) is 16.1 Å². The van der Waals surface area contributed by atoms with Crippen LogP contribution in [-0.2, 0) is 10.0 Å². The van der Waals surface area contributed by atoms with Crippen LogP contribution in [0.5, 0.6) is 5.75 Å². The van der Waals surface area contributed by atoms with Gasteiger partial charge in [-0.05, 0) is 48.5 Å². The number of rotatable bonds is 5. The van der Waals surface area contributed by atoms with E-state index in [9.17, 15) is 23.1 Å². The second kappa shape index (κ2) is 9.74. The van der Waals surface area contributed by atoms with Gasteiger partial charge in [0.1, 0.15) is 5.75 Å². The number of hydrogen-bond donors (Lipinski definition) is 2. The molecule has 4 rings (SSSR count). The molecule has 3 aromatic rings. The Morgan fingerprint density at radius 1 is 0.824 bits per heavy atom. The normalized spacial score (nSPS) is 14.0. The Labute approximate surface area is 202 Å². The third kappa shape index (κ3) is 5.16. The highest BCUT2D eigenvalue weighted by atomic mass is 35.5. The van der Waals surface area contributed by atoms with Crippen LogP contribution in [0.25, 0.3) is 0 Å². The van der Waals surface area contributed by atoms with Crippen molar-refractivity contribution in [3.05, 3.63) is 88.9 Å². The number of para-hydroxylation sites is 1. The number of sulfonamides is 1. The van der Waals surface area contributed by atoms with Gasteiger partial charge in [-0.3, -0.25) is 14.3 Å². The first-order valence-corrected chi connectivity index (χ1v) is 12.4. The molecule has 10 heteroatoms. The number of nitrogens with zero attached hydrogens (tertiary/aromatic N) is 2. The van der Waals surface area contributed by atoms with E-state index in [0.717, 1.165) is 0 Å². The molecule has 0 spiro atoms. The summed E-state index contributed by atoms with van der Waals surface area (Å²) in [5, 5.41) is 10.3. The zero-order chi connectivity index (χ0) is 24.3.